The maximum Gasteiger partial charge on any atom is 0.227 e. The van der Waals surface area contributed by atoms with E-state index in [2.05, 4.69) is 38.3 Å². The van der Waals surface area contributed by atoms with Gasteiger partial charge in [0.25, 0.3) is 0 Å². The number of carbonyl (C=O) groups is 1. The van der Waals surface area contributed by atoms with E-state index >= 15 is 0 Å². The fraction of sp³-hybridized carbons (Fsp3) is 0.929. The van der Waals surface area contributed by atoms with Crippen molar-refractivity contribution in [3.8, 4) is 0 Å². The first-order chi connectivity index (χ1) is 7.99. The van der Waals surface area contributed by atoms with Crippen LogP contribution in [0.25, 0.3) is 0 Å². The van der Waals surface area contributed by atoms with Crippen molar-refractivity contribution in [2.45, 2.75) is 47.0 Å². The summed E-state index contributed by atoms with van der Waals surface area (Å²) in [6.45, 7) is 11.4. The molecule has 0 radical (unpaired) electrons. The van der Waals surface area contributed by atoms with E-state index in [9.17, 15) is 4.79 Å². The monoisotopic (exact) mass is 240 g/mol. The minimum atomic E-state index is -0.169. The molecule has 1 rings (SSSR count). The van der Waals surface area contributed by atoms with Gasteiger partial charge in [-0.25, -0.2) is 0 Å². The Morgan fingerprint density at radius 2 is 2.06 bits per heavy atom. The molecule has 0 bridgehead atoms. The van der Waals surface area contributed by atoms with Crippen LogP contribution >= 0.6 is 0 Å². The van der Waals surface area contributed by atoms with Gasteiger partial charge in [0.05, 0.1) is 5.41 Å². The largest absolute Gasteiger partial charge is 0.356 e. The first-order valence-electron chi connectivity index (χ1n) is 6.98. The minimum absolute atomic E-state index is 0.169. The number of nitrogens with one attached hydrogen (secondary N) is 2. The molecule has 1 aliphatic heterocycles. The molecule has 1 atom stereocenters. The van der Waals surface area contributed by atoms with Gasteiger partial charge in [-0.2, -0.15) is 0 Å². The fourth-order valence-corrected chi connectivity index (χ4v) is 2.55. The second-order valence-electron chi connectivity index (χ2n) is 6.03. The lowest BCUT2D eigenvalue weighted by molar-refractivity contribution is -0.132. The van der Waals surface area contributed by atoms with Crippen molar-refractivity contribution < 1.29 is 4.79 Å². The summed E-state index contributed by atoms with van der Waals surface area (Å²) in [6.07, 6.45) is 3.25. The van der Waals surface area contributed by atoms with Crippen LogP contribution in [0.4, 0.5) is 0 Å². The average Bonchev–Trinajstić information content (AvgIpc) is 2.74. The third-order valence-electron chi connectivity index (χ3n) is 3.99. The lowest BCUT2D eigenvalue weighted by Crippen LogP contribution is -2.46. The summed E-state index contributed by atoms with van der Waals surface area (Å²) in [5.41, 5.74) is -0.169. The molecule has 1 amide bonds. The van der Waals surface area contributed by atoms with Crippen molar-refractivity contribution in [2.24, 2.45) is 17.3 Å². The Bertz CT molecular complexity index is 243. The van der Waals surface area contributed by atoms with Gasteiger partial charge in [-0.05, 0) is 37.6 Å². The quantitative estimate of drug-likeness (QED) is 0.699. The van der Waals surface area contributed by atoms with Gasteiger partial charge < -0.3 is 10.6 Å². The van der Waals surface area contributed by atoms with E-state index < -0.39 is 0 Å². The summed E-state index contributed by atoms with van der Waals surface area (Å²) in [4.78, 5) is 12.3. The van der Waals surface area contributed by atoms with Gasteiger partial charge in [0, 0.05) is 13.1 Å². The molecule has 1 heterocycles. The predicted octanol–water partition coefficient (Wildman–Crippen LogP) is 2.17. The summed E-state index contributed by atoms with van der Waals surface area (Å²) in [5.74, 6) is 1.38. The molecular weight excluding hydrogens is 212 g/mol. The van der Waals surface area contributed by atoms with Crippen LogP contribution in [-0.2, 0) is 4.79 Å². The van der Waals surface area contributed by atoms with Crippen molar-refractivity contribution in [1.29, 1.82) is 0 Å². The van der Waals surface area contributed by atoms with E-state index in [4.69, 9.17) is 0 Å². The molecule has 1 unspecified atom stereocenters. The Kier molecular flexibility index (Phi) is 5.44. The van der Waals surface area contributed by atoms with Crippen LogP contribution in [0.1, 0.15) is 47.0 Å². The average molecular weight is 240 g/mol. The van der Waals surface area contributed by atoms with Gasteiger partial charge >= 0.3 is 0 Å². The number of rotatable bonds is 6. The molecule has 1 fully saturated rings. The van der Waals surface area contributed by atoms with E-state index in [1.54, 1.807) is 0 Å². The van der Waals surface area contributed by atoms with Gasteiger partial charge in [0.15, 0.2) is 0 Å². The number of hydrogen-bond acceptors (Lipinski definition) is 2. The Morgan fingerprint density at radius 1 is 1.35 bits per heavy atom. The zero-order valence-corrected chi connectivity index (χ0v) is 11.8. The Balaban J connectivity index is 2.39. The van der Waals surface area contributed by atoms with Crippen molar-refractivity contribution in [2.75, 3.05) is 19.6 Å². The molecule has 0 saturated carbocycles. The molecule has 0 aromatic heterocycles. The third-order valence-corrected chi connectivity index (χ3v) is 3.99. The highest BCUT2D eigenvalue weighted by atomic mass is 16.2. The smallest absolute Gasteiger partial charge is 0.227 e. The third kappa shape index (κ3) is 3.70. The van der Waals surface area contributed by atoms with Gasteiger partial charge in [-0.15, -0.1) is 0 Å². The second-order valence-corrected chi connectivity index (χ2v) is 6.03. The lowest BCUT2D eigenvalue weighted by atomic mass is 9.75. The SMILES string of the molecule is CC(C)CCCNC(=O)C1(C(C)C)CCNC1. The van der Waals surface area contributed by atoms with Crippen LogP contribution in [0.2, 0.25) is 0 Å². The van der Waals surface area contributed by atoms with Crippen LogP contribution < -0.4 is 10.6 Å². The summed E-state index contributed by atoms with van der Waals surface area (Å²) in [5, 5.41) is 6.45. The van der Waals surface area contributed by atoms with Crippen LogP contribution in [-0.4, -0.2) is 25.5 Å². The van der Waals surface area contributed by atoms with E-state index in [0.29, 0.717) is 5.92 Å². The number of carbonyl (C=O) groups excluding carboxylic acids is 1. The van der Waals surface area contributed by atoms with Crippen molar-refractivity contribution in [3.05, 3.63) is 0 Å². The summed E-state index contributed by atoms with van der Waals surface area (Å²) >= 11 is 0. The Hall–Kier alpha value is -0.570. The molecule has 0 aromatic carbocycles. The minimum Gasteiger partial charge on any atom is -0.356 e. The van der Waals surface area contributed by atoms with Crippen LogP contribution in [0.5, 0.6) is 0 Å². The highest BCUT2D eigenvalue weighted by molar-refractivity contribution is 5.83. The normalized spacial score (nSPS) is 24.6. The van der Waals surface area contributed by atoms with E-state index in [1.165, 1.54) is 6.42 Å². The molecule has 0 spiro atoms. The first kappa shape index (κ1) is 14.5. The topological polar surface area (TPSA) is 41.1 Å². The summed E-state index contributed by atoms with van der Waals surface area (Å²) < 4.78 is 0. The predicted molar refractivity (Wildman–Crippen MR) is 71.8 cm³/mol. The molecule has 17 heavy (non-hydrogen) atoms. The van der Waals surface area contributed by atoms with Gasteiger partial charge in [0.2, 0.25) is 5.91 Å². The highest BCUT2D eigenvalue weighted by Crippen LogP contribution is 2.34. The highest BCUT2D eigenvalue weighted by Gasteiger charge is 2.43. The van der Waals surface area contributed by atoms with Gasteiger partial charge in [0.1, 0.15) is 0 Å². The van der Waals surface area contributed by atoms with E-state index in [1.807, 2.05) is 0 Å². The molecule has 3 heteroatoms. The molecule has 1 aliphatic rings. The van der Waals surface area contributed by atoms with Crippen molar-refractivity contribution >= 4 is 5.91 Å². The number of hydrogen-bond donors (Lipinski definition) is 2. The molecule has 2 N–H and O–H groups in total. The van der Waals surface area contributed by atoms with Crippen molar-refractivity contribution in [1.82, 2.24) is 10.6 Å². The van der Waals surface area contributed by atoms with E-state index in [-0.39, 0.29) is 11.3 Å². The summed E-state index contributed by atoms with van der Waals surface area (Å²) in [7, 11) is 0. The Morgan fingerprint density at radius 3 is 2.53 bits per heavy atom. The zero-order valence-electron chi connectivity index (χ0n) is 11.8. The first-order valence-corrected chi connectivity index (χ1v) is 6.98. The number of amides is 1. The molecule has 1 saturated heterocycles. The zero-order chi connectivity index (χ0) is 12.9. The molecular formula is C14H28N2O. The van der Waals surface area contributed by atoms with Crippen molar-refractivity contribution in [3.63, 3.8) is 0 Å². The molecule has 3 nitrogen and oxygen atoms in total. The van der Waals surface area contributed by atoms with Crippen LogP contribution in [0, 0.1) is 17.3 Å². The van der Waals surface area contributed by atoms with Crippen LogP contribution in [0.15, 0.2) is 0 Å². The molecule has 100 valence electrons. The maximum absolute atomic E-state index is 12.3. The molecule has 0 aromatic rings. The maximum atomic E-state index is 12.3. The Labute approximate surface area is 106 Å². The fourth-order valence-electron chi connectivity index (χ4n) is 2.55. The standard InChI is InChI=1S/C14H28N2O/c1-11(2)6-5-8-16-13(17)14(12(3)4)7-9-15-10-14/h11-12,15H,5-10H2,1-4H3,(H,16,17). The van der Waals surface area contributed by atoms with Gasteiger partial charge in [-0.3, -0.25) is 4.79 Å². The van der Waals surface area contributed by atoms with E-state index in [0.717, 1.165) is 38.4 Å². The van der Waals surface area contributed by atoms with Gasteiger partial charge in [-0.1, -0.05) is 27.7 Å². The molecule has 0 aliphatic carbocycles. The lowest BCUT2D eigenvalue weighted by Gasteiger charge is -2.31. The second kappa shape index (κ2) is 6.39. The van der Waals surface area contributed by atoms with Crippen LogP contribution in [0.3, 0.4) is 0 Å². The summed E-state index contributed by atoms with van der Waals surface area (Å²) in [6, 6.07) is 0.